The summed E-state index contributed by atoms with van der Waals surface area (Å²) in [5, 5.41) is 18.9. The lowest BCUT2D eigenvalue weighted by Gasteiger charge is -2.18. The Balaban J connectivity index is 0.000000227. The lowest BCUT2D eigenvalue weighted by molar-refractivity contribution is -0.137. The van der Waals surface area contributed by atoms with Gasteiger partial charge < -0.3 is 9.84 Å². The summed E-state index contributed by atoms with van der Waals surface area (Å²) in [7, 11) is 2.87. The lowest BCUT2D eigenvalue weighted by Crippen LogP contribution is -2.26. The summed E-state index contributed by atoms with van der Waals surface area (Å²) in [5.41, 5.74) is 1.34. The predicted molar refractivity (Wildman–Crippen MR) is 219 cm³/mol. The fraction of sp³-hybridized carbons (Fsp3) is 0.250. The second kappa shape index (κ2) is 18.9. The molecule has 2 aromatic heterocycles. The lowest BCUT2D eigenvalue weighted by atomic mass is 9.94. The van der Waals surface area contributed by atoms with Crippen LogP contribution in [0.4, 0.5) is 17.6 Å². The molecule has 15 heteroatoms. The van der Waals surface area contributed by atoms with Crippen molar-refractivity contribution in [2.75, 3.05) is 0 Å². The number of benzene rings is 4. The van der Waals surface area contributed by atoms with Crippen molar-refractivity contribution in [3.05, 3.63) is 160 Å². The average Bonchev–Trinajstić information content (AvgIpc) is 3.19. The molecular formula is C44H40Cl2F4N4O5. The van der Waals surface area contributed by atoms with Crippen molar-refractivity contribution in [3.63, 3.8) is 0 Å². The van der Waals surface area contributed by atoms with Gasteiger partial charge >= 0.3 is 5.97 Å². The molecule has 0 aliphatic carbocycles. The van der Waals surface area contributed by atoms with Gasteiger partial charge in [0.25, 0.3) is 11.1 Å². The Bertz CT molecular complexity index is 2650. The van der Waals surface area contributed by atoms with Gasteiger partial charge in [0.15, 0.2) is 11.5 Å². The Kier molecular flexibility index (Phi) is 14.2. The number of aromatic hydroxyl groups is 1. The number of aromatic nitrogens is 4. The molecular weight excluding hydrogens is 811 g/mol. The SMILES string of the molecule is Cc1nn(C)c(=O)c(-c2c(F)ccc(Cl)c2CCc2ccc(F)cc2)c1O.Cc1nn(C)c(=O)c(-c2c(F)ccc(Cl)c2CCc2ccc(F)cc2)c1OC(=O)C(C)C. The van der Waals surface area contributed by atoms with Gasteiger partial charge in [0.1, 0.15) is 34.7 Å². The zero-order chi connectivity index (χ0) is 43.3. The first-order chi connectivity index (χ1) is 27.9. The molecule has 6 rings (SSSR count). The third-order valence-electron chi connectivity index (χ3n) is 9.49. The van der Waals surface area contributed by atoms with E-state index < -0.39 is 34.6 Å². The number of nitrogens with zero attached hydrogens (tertiary/aromatic N) is 4. The van der Waals surface area contributed by atoms with Gasteiger partial charge in [0.05, 0.1) is 17.0 Å². The molecule has 2 heterocycles. The highest BCUT2D eigenvalue weighted by Gasteiger charge is 2.27. The largest absolute Gasteiger partial charge is 0.505 e. The topological polar surface area (TPSA) is 116 Å². The van der Waals surface area contributed by atoms with Crippen LogP contribution in [0.25, 0.3) is 22.3 Å². The van der Waals surface area contributed by atoms with Crippen molar-refractivity contribution >= 4 is 29.2 Å². The third kappa shape index (κ3) is 10.1. The summed E-state index contributed by atoms with van der Waals surface area (Å²) in [6.45, 7) is 6.41. The molecule has 0 saturated carbocycles. The Hall–Kier alpha value is -5.79. The number of aryl methyl sites for hydroxylation is 6. The molecule has 4 aromatic carbocycles. The van der Waals surface area contributed by atoms with Crippen LogP contribution in [0.15, 0.2) is 82.4 Å². The van der Waals surface area contributed by atoms with Crippen molar-refractivity contribution in [2.24, 2.45) is 20.0 Å². The molecule has 0 unspecified atom stereocenters. The van der Waals surface area contributed by atoms with E-state index in [1.54, 1.807) is 45.0 Å². The number of ether oxygens (including phenoxy) is 1. The fourth-order valence-corrected chi connectivity index (χ4v) is 6.87. The predicted octanol–water partition coefficient (Wildman–Crippen LogP) is 9.21. The molecule has 0 amide bonds. The van der Waals surface area contributed by atoms with Crippen LogP contribution in [0.1, 0.15) is 47.5 Å². The van der Waals surface area contributed by atoms with E-state index in [-0.39, 0.29) is 73.2 Å². The molecule has 0 bridgehead atoms. The van der Waals surface area contributed by atoms with Crippen LogP contribution in [-0.4, -0.2) is 30.6 Å². The zero-order valence-corrected chi connectivity index (χ0v) is 34.5. The summed E-state index contributed by atoms with van der Waals surface area (Å²) < 4.78 is 63.8. The summed E-state index contributed by atoms with van der Waals surface area (Å²) in [4.78, 5) is 37.9. The van der Waals surface area contributed by atoms with Gasteiger partial charge in [-0.2, -0.15) is 10.2 Å². The van der Waals surface area contributed by atoms with E-state index in [0.29, 0.717) is 30.4 Å². The number of rotatable bonds is 10. The van der Waals surface area contributed by atoms with Gasteiger partial charge in [0.2, 0.25) is 0 Å². The van der Waals surface area contributed by atoms with Crippen molar-refractivity contribution in [3.8, 4) is 33.8 Å². The van der Waals surface area contributed by atoms with Gasteiger partial charge in [-0.15, -0.1) is 0 Å². The first-order valence-corrected chi connectivity index (χ1v) is 19.1. The smallest absolute Gasteiger partial charge is 0.313 e. The Morgan fingerprint density at radius 3 is 1.49 bits per heavy atom. The number of hydrogen-bond donors (Lipinski definition) is 1. The molecule has 0 fully saturated rings. The van der Waals surface area contributed by atoms with E-state index in [0.717, 1.165) is 26.6 Å². The van der Waals surface area contributed by atoms with Crippen LogP contribution in [0.3, 0.4) is 0 Å². The first kappa shape index (κ1) is 44.3. The minimum Gasteiger partial charge on any atom is -0.505 e. The van der Waals surface area contributed by atoms with E-state index >= 15 is 4.39 Å². The van der Waals surface area contributed by atoms with Crippen LogP contribution >= 0.6 is 23.2 Å². The highest BCUT2D eigenvalue weighted by atomic mass is 35.5. The standard InChI is InChI=1S/C24H23ClF2N2O3.C20H17ClF2N2O2/c1-13(2)24(31)32-22-14(3)28-29(4)23(30)21(22)20-17(18(25)11-12-19(20)27)10-7-15-5-8-16(26)9-6-15;1-11-19(26)18(20(27)25(2)24-11)17-14(15(21)9-10-16(17)23)8-5-12-3-6-13(22)7-4-12/h5-6,8-9,11-13H,7,10H2,1-4H3;3-4,6-7,9-10,26H,5,8H2,1-2H3. The Labute approximate surface area is 347 Å². The maximum Gasteiger partial charge on any atom is 0.313 e. The minimum absolute atomic E-state index is 0.0303. The Morgan fingerprint density at radius 2 is 1.05 bits per heavy atom. The van der Waals surface area contributed by atoms with Gasteiger partial charge in [-0.05, 0) is 110 Å². The van der Waals surface area contributed by atoms with Crippen molar-refractivity contribution < 1.29 is 32.2 Å². The Morgan fingerprint density at radius 1 is 0.644 bits per heavy atom. The average molecular weight is 852 g/mol. The second-order valence-electron chi connectivity index (χ2n) is 14.1. The maximum atomic E-state index is 15.2. The van der Waals surface area contributed by atoms with Gasteiger partial charge in [-0.1, -0.05) is 61.3 Å². The molecule has 9 nitrogen and oxygen atoms in total. The molecule has 0 radical (unpaired) electrons. The van der Waals surface area contributed by atoms with Gasteiger partial charge in [-0.25, -0.2) is 26.9 Å². The quantitative estimate of drug-likeness (QED) is 0.108. The first-order valence-electron chi connectivity index (χ1n) is 18.4. The third-order valence-corrected chi connectivity index (χ3v) is 10.2. The van der Waals surface area contributed by atoms with E-state index in [2.05, 4.69) is 10.2 Å². The van der Waals surface area contributed by atoms with E-state index in [1.807, 2.05) is 0 Å². The van der Waals surface area contributed by atoms with Crippen LogP contribution in [-0.2, 0) is 44.6 Å². The van der Waals surface area contributed by atoms with Crippen molar-refractivity contribution in [1.82, 2.24) is 19.6 Å². The van der Waals surface area contributed by atoms with Crippen molar-refractivity contribution in [1.29, 1.82) is 0 Å². The van der Waals surface area contributed by atoms with E-state index in [4.69, 9.17) is 27.9 Å². The molecule has 1 N–H and O–H groups in total. The van der Waals surface area contributed by atoms with E-state index in [1.165, 1.54) is 63.5 Å². The van der Waals surface area contributed by atoms with Crippen molar-refractivity contribution in [2.45, 2.75) is 53.4 Å². The summed E-state index contributed by atoms with van der Waals surface area (Å²) in [5.74, 6) is -3.53. The number of carbonyl (C=O) groups excluding carboxylic acids is 1. The molecule has 0 spiro atoms. The number of esters is 1. The molecule has 59 heavy (non-hydrogen) atoms. The second-order valence-corrected chi connectivity index (χ2v) is 14.9. The summed E-state index contributed by atoms with van der Waals surface area (Å²) >= 11 is 12.7. The van der Waals surface area contributed by atoms with Crippen LogP contribution in [0.5, 0.6) is 11.5 Å². The maximum absolute atomic E-state index is 15.2. The highest BCUT2D eigenvalue weighted by molar-refractivity contribution is 6.32. The minimum atomic E-state index is -0.673. The normalized spacial score (nSPS) is 11.1. The highest BCUT2D eigenvalue weighted by Crippen LogP contribution is 2.38. The number of halogens is 6. The van der Waals surface area contributed by atoms with Gasteiger partial charge in [-0.3, -0.25) is 14.4 Å². The molecule has 0 saturated heterocycles. The summed E-state index contributed by atoms with van der Waals surface area (Å²) in [6.07, 6.45) is 1.48. The van der Waals surface area contributed by atoms with Crippen LogP contribution in [0, 0.1) is 43.0 Å². The van der Waals surface area contributed by atoms with Crippen LogP contribution in [0.2, 0.25) is 10.0 Å². The summed E-state index contributed by atoms with van der Waals surface area (Å²) in [6, 6.07) is 17.1. The molecule has 6 aromatic rings. The fourth-order valence-electron chi connectivity index (χ4n) is 6.36. The number of hydrogen-bond acceptors (Lipinski definition) is 7. The van der Waals surface area contributed by atoms with Crippen LogP contribution < -0.4 is 15.9 Å². The molecule has 0 atom stereocenters. The monoisotopic (exact) mass is 850 g/mol. The molecule has 0 aliphatic heterocycles. The van der Waals surface area contributed by atoms with E-state index in [9.17, 15) is 32.7 Å². The zero-order valence-electron chi connectivity index (χ0n) is 33.0. The van der Waals surface area contributed by atoms with Gasteiger partial charge in [0, 0.05) is 35.3 Å². The molecule has 0 aliphatic rings. The number of carbonyl (C=O) groups is 1. The molecule has 308 valence electrons.